The molecule has 0 N–H and O–H groups in total. The van der Waals surface area contributed by atoms with Gasteiger partial charge in [0.15, 0.2) is 5.41 Å². The molecular formula is C24H38O4. The Bertz CT molecular complexity index is 569. The highest BCUT2D eigenvalue weighted by Gasteiger charge is 2.56. The van der Waals surface area contributed by atoms with E-state index in [9.17, 15) is 9.59 Å². The number of fused-ring (bicyclic) bond motifs is 1. The van der Waals surface area contributed by atoms with Gasteiger partial charge in [0, 0.05) is 5.92 Å². The van der Waals surface area contributed by atoms with Crippen LogP contribution in [0.2, 0.25) is 0 Å². The third kappa shape index (κ3) is 5.48. The van der Waals surface area contributed by atoms with Gasteiger partial charge in [-0.1, -0.05) is 62.7 Å². The first-order valence-electron chi connectivity index (χ1n) is 11.3. The van der Waals surface area contributed by atoms with Gasteiger partial charge in [-0.25, -0.2) is 0 Å². The van der Waals surface area contributed by atoms with Crippen LogP contribution >= 0.6 is 0 Å². The summed E-state index contributed by atoms with van der Waals surface area (Å²) in [6.07, 6.45) is 16.4. The van der Waals surface area contributed by atoms with Gasteiger partial charge >= 0.3 is 11.9 Å². The predicted molar refractivity (Wildman–Crippen MR) is 112 cm³/mol. The van der Waals surface area contributed by atoms with E-state index >= 15 is 0 Å². The molecule has 4 nitrogen and oxygen atoms in total. The number of hydrogen-bond acceptors (Lipinski definition) is 4. The van der Waals surface area contributed by atoms with Crippen LogP contribution in [0.25, 0.3) is 0 Å². The lowest BCUT2D eigenvalue weighted by atomic mass is 9.62. The molecule has 0 fully saturated rings. The number of carbonyl (C=O) groups is 2. The van der Waals surface area contributed by atoms with Gasteiger partial charge in [-0.05, 0) is 52.0 Å². The fourth-order valence-corrected chi connectivity index (χ4v) is 4.75. The molecule has 0 bridgehead atoms. The first kappa shape index (κ1) is 22.7. The van der Waals surface area contributed by atoms with Gasteiger partial charge in [0.25, 0.3) is 0 Å². The minimum absolute atomic E-state index is 0.157. The summed E-state index contributed by atoms with van der Waals surface area (Å²) in [5.41, 5.74) is 0.939. The molecule has 0 aliphatic heterocycles. The van der Waals surface area contributed by atoms with E-state index in [1.807, 2.05) is 6.92 Å². The van der Waals surface area contributed by atoms with Crippen LogP contribution in [0, 0.1) is 11.3 Å². The number of carbonyl (C=O) groups excluding carboxylic acids is 2. The summed E-state index contributed by atoms with van der Waals surface area (Å²) in [6.45, 7) is 6.14. The Labute approximate surface area is 170 Å². The van der Waals surface area contributed by atoms with E-state index in [1.54, 1.807) is 13.8 Å². The van der Waals surface area contributed by atoms with Crippen molar-refractivity contribution in [3.63, 3.8) is 0 Å². The van der Waals surface area contributed by atoms with Gasteiger partial charge < -0.3 is 9.47 Å². The molecule has 0 amide bonds. The summed E-state index contributed by atoms with van der Waals surface area (Å²) in [4.78, 5) is 26.4. The molecule has 2 rings (SSSR count). The fraction of sp³-hybridized carbons (Fsp3) is 0.750. The van der Waals surface area contributed by atoms with E-state index in [0.717, 1.165) is 43.3 Å². The van der Waals surface area contributed by atoms with Gasteiger partial charge in [0.2, 0.25) is 0 Å². The summed E-state index contributed by atoms with van der Waals surface area (Å²) >= 11 is 0. The van der Waals surface area contributed by atoms with Crippen molar-refractivity contribution in [3.8, 4) is 0 Å². The second kappa shape index (κ2) is 11.4. The van der Waals surface area contributed by atoms with Crippen LogP contribution in [0.5, 0.6) is 0 Å². The normalized spacial score (nSPS) is 25.5. The minimum Gasteiger partial charge on any atom is -0.465 e. The van der Waals surface area contributed by atoms with Gasteiger partial charge in [0.05, 0.1) is 13.2 Å². The van der Waals surface area contributed by atoms with Crippen LogP contribution in [-0.4, -0.2) is 25.2 Å². The largest absolute Gasteiger partial charge is 0.465 e. The van der Waals surface area contributed by atoms with Crippen molar-refractivity contribution in [2.45, 2.75) is 91.4 Å². The lowest BCUT2D eigenvalue weighted by Gasteiger charge is -2.40. The highest BCUT2D eigenvalue weighted by molar-refractivity contribution is 6.01. The molecular weight excluding hydrogens is 352 g/mol. The van der Waals surface area contributed by atoms with Crippen molar-refractivity contribution in [3.05, 3.63) is 23.3 Å². The maximum absolute atomic E-state index is 13.2. The van der Waals surface area contributed by atoms with Crippen LogP contribution in [0.1, 0.15) is 91.4 Å². The Hall–Kier alpha value is -1.58. The molecule has 1 atom stereocenters. The molecule has 2 aliphatic rings. The molecule has 0 aromatic carbocycles. The van der Waals surface area contributed by atoms with Crippen molar-refractivity contribution in [2.24, 2.45) is 11.3 Å². The first-order chi connectivity index (χ1) is 13.6. The summed E-state index contributed by atoms with van der Waals surface area (Å²) in [5, 5.41) is 0. The van der Waals surface area contributed by atoms with Crippen LogP contribution < -0.4 is 0 Å². The van der Waals surface area contributed by atoms with E-state index in [2.05, 4.69) is 12.2 Å². The van der Waals surface area contributed by atoms with Gasteiger partial charge in [-0.3, -0.25) is 9.59 Å². The lowest BCUT2D eigenvalue weighted by molar-refractivity contribution is -0.176. The molecule has 0 saturated heterocycles. The molecule has 0 heterocycles. The molecule has 0 saturated carbocycles. The van der Waals surface area contributed by atoms with Crippen molar-refractivity contribution in [1.82, 2.24) is 0 Å². The fourth-order valence-electron chi connectivity index (χ4n) is 4.75. The third-order valence-electron chi connectivity index (χ3n) is 6.07. The molecule has 0 aromatic rings. The van der Waals surface area contributed by atoms with Crippen LogP contribution in [0.15, 0.2) is 23.3 Å². The molecule has 4 heteroatoms. The predicted octanol–water partition coefficient (Wildman–Crippen LogP) is 5.91. The summed E-state index contributed by atoms with van der Waals surface area (Å²) < 4.78 is 10.9. The maximum atomic E-state index is 13.2. The molecule has 158 valence electrons. The number of hydrogen-bond donors (Lipinski definition) is 0. The highest BCUT2D eigenvalue weighted by Crippen LogP contribution is 2.48. The SMILES string of the molecule is CCOC(=O)C1(C(=O)OCC)CC(C)=C/C2=C\CCCCCCCCCCC21. The molecule has 0 aromatic heterocycles. The second-order valence-electron chi connectivity index (χ2n) is 8.24. The van der Waals surface area contributed by atoms with Crippen molar-refractivity contribution in [2.75, 3.05) is 13.2 Å². The molecule has 2 aliphatic carbocycles. The van der Waals surface area contributed by atoms with Crippen molar-refractivity contribution in [1.29, 1.82) is 0 Å². The van der Waals surface area contributed by atoms with E-state index < -0.39 is 17.4 Å². The van der Waals surface area contributed by atoms with E-state index in [4.69, 9.17) is 9.47 Å². The number of esters is 2. The molecule has 28 heavy (non-hydrogen) atoms. The average Bonchev–Trinajstić information content (AvgIpc) is 2.68. The van der Waals surface area contributed by atoms with E-state index in [-0.39, 0.29) is 19.1 Å². The maximum Gasteiger partial charge on any atom is 0.324 e. The summed E-state index contributed by atoms with van der Waals surface area (Å²) in [7, 11) is 0. The van der Waals surface area contributed by atoms with E-state index in [0.29, 0.717) is 6.42 Å². The Balaban J connectivity index is 2.45. The highest BCUT2D eigenvalue weighted by atomic mass is 16.6. The van der Waals surface area contributed by atoms with Crippen molar-refractivity contribution < 1.29 is 19.1 Å². The third-order valence-corrected chi connectivity index (χ3v) is 6.07. The zero-order valence-corrected chi connectivity index (χ0v) is 18.1. The summed E-state index contributed by atoms with van der Waals surface area (Å²) in [6, 6.07) is 0. The van der Waals surface area contributed by atoms with Crippen molar-refractivity contribution >= 4 is 11.9 Å². The summed E-state index contributed by atoms with van der Waals surface area (Å²) in [5.74, 6) is -0.989. The minimum atomic E-state index is -1.24. The Kier molecular flexibility index (Phi) is 9.27. The number of ether oxygens (including phenoxy) is 2. The van der Waals surface area contributed by atoms with Gasteiger partial charge in [-0.15, -0.1) is 0 Å². The number of allylic oxidation sites excluding steroid dienone is 4. The standard InChI is InChI=1S/C24H38O4/c1-4-27-22(25)24(23(26)28-5-2)18-19(3)17-20-15-13-11-9-7-6-8-10-12-14-16-21(20)24/h15,17,21H,4-14,16,18H2,1-3H3/b20-15+. The zero-order valence-electron chi connectivity index (χ0n) is 18.1. The number of rotatable bonds is 4. The lowest BCUT2D eigenvalue weighted by Crippen LogP contribution is -2.50. The van der Waals surface area contributed by atoms with E-state index in [1.165, 1.54) is 32.1 Å². The molecule has 1 unspecified atom stereocenters. The second-order valence-corrected chi connectivity index (χ2v) is 8.24. The zero-order chi connectivity index (χ0) is 20.4. The van der Waals surface area contributed by atoms with Crippen LogP contribution in [0.3, 0.4) is 0 Å². The molecule has 0 spiro atoms. The molecule has 0 radical (unpaired) electrons. The van der Waals surface area contributed by atoms with Gasteiger partial charge in [-0.2, -0.15) is 0 Å². The first-order valence-corrected chi connectivity index (χ1v) is 11.3. The smallest absolute Gasteiger partial charge is 0.324 e. The monoisotopic (exact) mass is 390 g/mol. The van der Waals surface area contributed by atoms with Gasteiger partial charge in [0.1, 0.15) is 0 Å². The average molecular weight is 391 g/mol. The topological polar surface area (TPSA) is 52.6 Å². The quantitative estimate of drug-likeness (QED) is 0.442. The van der Waals surface area contributed by atoms with Crippen LogP contribution in [-0.2, 0) is 19.1 Å². The Morgan fingerprint density at radius 2 is 1.46 bits per heavy atom. The Morgan fingerprint density at radius 3 is 2.04 bits per heavy atom. The van der Waals surface area contributed by atoms with Crippen LogP contribution in [0.4, 0.5) is 0 Å². The Morgan fingerprint density at radius 1 is 0.929 bits per heavy atom.